The van der Waals surface area contributed by atoms with E-state index in [1.807, 2.05) is 0 Å². The Hall–Kier alpha value is -0.590. The van der Waals surface area contributed by atoms with Gasteiger partial charge in [0.15, 0.2) is 0 Å². The van der Waals surface area contributed by atoms with Crippen molar-refractivity contribution >= 4 is 15.9 Å². The fourth-order valence-corrected chi connectivity index (χ4v) is 2.35. The monoisotopic (exact) mass is 307 g/mol. The van der Waals surface area contributed by atoms with Gasteiger partial charge in [-0.05, 0) is 28.1 Å². The van der Waals surface area contributed by atoms with E-state index in [2.05, 4.69) is 20.9 Å². The molecule has 0 amide bonds. The molecule has 2 rings (SSSR count). The molecule has 1 saturated heterocycles. The van der Waals surface area contributed by atoms with Gasteiger partial charge in [-0.2, -0.15) is 0 Å². The van der Waals surface area contributed by atoms with Crippen molar-refractivity contribution in [3.05, 3.63) is 28.0 Å². The van der Waals surface area contributed by atoms with Crippen molar-refractivity contribution in [1.82, 2.24) is 4.98 Å². The molecule has 1 aliphatic heterocycles. The molecule has 94 valence electrons. The highest BCUT2D eigenvalue weighted by Crippen LogP contribution is 2.35. The summed E-state index contributed by atoms with van der Waals surface area (Å²) in [6.07, 6.45) is -1.90. The number of methoxy groups -OCH3 is 1. The minimum absolute atomic E-state index is 0.0646. The number of halogens is 3. The van der Waals surface area contributed by atoms with Crippen LogP contribution in [0.2, 0.25) is 0 Å². The van der Waals surface area contributed by atoms with E-state index in [1.54, 1.807) is 7.11 Å². The predicted molar refractivity (Wildman–Crippen MR) is 61.0 cm³/mol. The lowest BCUT2D eigenvalue weighted by Crippen LogP contribution is -2.30. The SMILES string of the molecule is CO[C@]1(c2cc(C(F)F)cc(Br)n2)CCOC1. The molecule has 1 atom stereocenters. The molecule has 1 aromatic rings. The number of hydrogen-bond donors (Lipinski definition) is 0. The van der Waals surface area contributed by atoms with Crippen LogP contribution < -0.4 is 0 Å². The van der Waals surface area contributed by atoms with Crippen LogP contribution in [0.15, 0.2) is 16.7 Å². The van der Waals surface area contributed by atoms with Gasteiger partial charge in [-0.1, -0.05) is 0 Å². The smallest absolute Gasteiger partial charge is 0.264 e. The average Bonchev–Trinajstić information content (AvgIpc) is 2.78. The van der Waals surface area contributed by atoms with Gasteiger partial charge in [0.25, 0.3) is 6.43 Å². The van der Waals surface area contributed by atoms with Crippen LogP contribution in [-0.2, 0) is 15.1 Å². The minimum atomic E-state index is -2.52. The van der Waals surface area contributed by atoms with E-state index in [4.69, 9.17) is 9.47 Å². The summed E-state index contributed by atoms with van der Waals surface area (Å²) in [4.78, 5) is 4.22. The first kappa shape index (κ1) is 12.9. The van der Waals surface area contributed by atoms with Crippen molar-refractivity contribution in [1.29, 1.82) is 0 Å². The number of hydrogen-bond acceptors (Lipinski definition) is 3. The minimum Gasteiger partial charge on any atom is -0.378 e. The summed E-state index contributed by atoms with van der Waals surface area (Å²) >= 11 is 3.14. The highest BCUT2D eigenvalue weighted by Gasteiger charge is 2.39. The predicted octanol–water partition coefficient (Wildman–Crippen LogP) is 3.04. The molecule has 0 aromatic carbocycles. The van der Waals surface area contributed by atoms with Gasteiger partial charge in [0.2, 0.25) is 0 Å². The average molecular weight is 308 g/mol. The molecule has 0 N–H and O–H groups in total. The maximum Gasteiger partial charge on any atom is 0.264 e. The van der Waals surface area contributed by atoms with Gasteiger partial charge < -0.3 is 9.47 Å². The summed E-state index contributed by atoms with van der Waals surface area (Å²) in [5.41, 5.74) is -0.277. The topological polar surface area (TPSA) is 31.4 Å². The van der Waals surface area contributed by atoms with E-state index in [9.17, 15) is 8.78 Å². The van der Waals surface area contributed by atoms with Gasteiger partial charge >= 0.3 is 0 Å². The molecule has 3 nitrogen and oxygen atoms in total. The van der Waals surface area contributed by atoms with Crippen molar-refractivity contribution < 1.29 is 18.3 Å². The van der Waals surface area contributed by atoms with Gasteiger partial charge in [0.1, 0.15) is 10.2 Å². The van der Waals surface area contributed by atoms with E-state index in [0.717, 1.165) is 0 Å². The molecule has 0 unspecified atom stereocenters. The number of pyridine rings is 1. The van der Waals surface area contributed by atoms with Crippen molar-refractivity contribution in [3.8, 4) is 0 Å². The van der Waals surface area contributed by atoms with Crippen LogP contribution in [0.1, 0.15) is 24.1 Å². The Bertz CT molecular complexity index is 408. The third-order valence-corrected chi connectivity index (χ3v) is 3.32. The van der Waals surface area contributed by atoms with E-state index in [-0.39, 0.29) is 5.56 Å². The fourth-order valence-electron chi connectivity index (χ4n) is 1.89. The standard InChI is InChI=1S/C11H12BrF2NO2/c1-16-11(2-3-17-6-11)8-4-7(10(13)14)5-9(12)15-8/h4-5,10H,2-3,6H2,1H3/t11-/m1/s1. The Labute approximate surface area is 106 Å². The Morgan fingerprint density at radius 2 is 2.29 bits per heavy atom. The molecule has 0 radical (unpaired) electrons. The van der Waals surface area contributed by atoms with E-state index < -0.39 is 12.0 Å². The largest absolute Gasteiger partial charge is 0.378 e. The summed E-state index contributed by atoms with van der Waals surface area (Å²) in [6, 6.07) is 2.70. The highest BCUT2D eigenvalue weighted by molar-refractivity contribution is 9.10. The Balaban J connectivity index is 2.43. The number of rotatable bonds is 3. The summed E-state index contributed by atoms with van der Waals surface area (Å²) in [5.74, 6) is 0. The molecule has 1 fully saturated rings. The van der Waals surface area contributed by atoms with Crippen molar-refractivity contribution in [3.63, 3.8) is 0 Å². The zero-order valence-electron chi connectivity index (χ0n) is 9.25. The number of alkyl halides is 2. The van der Waals surface area contributed by atoms with Crippen molar-refractivity contribution in [2.24, 2.45) is 0 Å². The lowest BCUT2D eigenvalue weighted by molar-refractivity contribution is -0.0249. The molecule has 0 saturated carbocycles. The molecule has 1 aliphatic rings. The number of nitrogens with zero attached hydrogens (tertiary/aromatic N) is 1. The molecule has 0 bridgehead atoms. The lowest BCUT2D eigenvalue weighted by Gasteiger charge is -2.25. The van der Waals surface area contributed by atoms with Crippen LogP contribution in [0.3, 0.4) is 0 Å². The molecule has 2 heterocycles. The van der Waals surface area contributed by atoms with Crippen LogP contribution >= 0.6 is 15.9 Å². The lowest BCUT2D eigenvalue weighted by atomic mass is 9.97. The molecule has 17 heavy (non-hydrogen) atoms. The van der Waals surface area contributed by atoms with Crippen molar-refractivity contribution in [2.45, 2.75) is 18.4 Å². The molecule has 6 heteroatoms. The third kappa shape index (κ3) is 2.48. The Kier molecular flexibility index (Phi) is 3.75. The maximum absolute atomic E-state index is 12.7. The zero-order valence-corrected chi connectivity index (χ0v) is 10.8. The van der Waals surface area contributed by atoms with E-state index in [0.29, 0.717) is 29.9 Å². The van der Waals surface area contributed by atoms with Crippen LogP contribution in [0.4, 0.5) is 8.78 Å². The number of ether oxygens (including phenoxy) is 2. The number of aromatic nitrogens is 1. The molecule has 1 aromatic heterocycles. The summed E-state index contributed by atoms with van der Waals surface area (Å²) in [7, 11) is 1.54. The maximum atomic E-state index is 12.7. The van der Waals surface area contributed by atoms with Crippen LogP contribution in [0.25, 0.3) is 0 Å². The highest BCUT2D eigenvalue weighted by atomic mass is 79.9. The summed E-state index contributed by atoms with van der Waals surface area (Å²) in [6.45, 7) is 0.891. The van der Waals surface area contributed by atoms with Gasteiger partial charge in [-0.15, -0.1) is 0 Å². The molecule has 0 aliphatic carbocycles. The van der Waals surface area contributed by atoms with Gasteiger partial charge in [0, 0.05) is 25.7 Å². The molecular weight excluding hydrogens is 296 g/mol. The Morgan fingerprint density at radius 1 is 1.53 bits per heavy atom. The zero-order chi connectivity index (χ0) is 12.5. The van der Waals surface area contributed by atoms with Gasteiger partial charge in [-0.25, -0.2) is 13.8 Å². The quantitative estimate of drug-likeness (QED) is 0.804. The van der Waals surface area contributed by atoms with Crippen LogP contribution in [-0.4, -0.2) is 25.3 Å². The van der Waals surface area contributed by atoms with Gasteiger partial charge in [-0.3, -0.25) is 0 Å². The van der Waals surface area contributed by atoms with E-state index >= 15 is 0 Å². The fraction of sp³-hybridized carbons (Fsp3) is 0.545. The first-order valence-corrected chi connectivity index (χ1v) is 5.96. The van der Waals surface area contributed by atoms with Crippen LogP contribution in [0, 0.1) is 0 Å². The molecular formula is C11H12BrF2NO2. The summed E-state index contributed by atoms with van der Waals surface area (Å²) in [5, 5.41) is 0. The third-order valence-electron chi connectivity index (χ3n) is 2.91. The molecule has 0 spiro atoms. The second kappa shape index (κ2) is 4.96. The van der Waals surface area contributed by atoms with Crippen molar-refractivity contribution in [2.75, 3.05) is 20.3 Å². The van der Waals surface area contributed by atoms with Gasteiger partial charge in [0.05, 0.1) is 12.3 Å². The van der Waals surface area contributed by atoms with Crippen LogP contribution in [0.5, 0.6) is 0 Å². The van der Waals surface area contributed by atoms with E-state index in [1.165, 1.54) is 12.1 Å². The second-order valence-electron chi connectivity index (χ2n) is 3.91. The second-order valence-corrected chi connectivity index (χ2v) is 4.72. The first-order valence-electron chi connectivity index (χ1n) is 5.16. The summed E-state index contributed by atoms with van der Waals surface area (Å²) < 4.78 is 36.5. The normalized spacial score (nSPS) is 24.5. The first-order chi connectivity index (χ1) is 8.07. The Morgan fingerprint density at radius 3 is 2.82 bits per heavy atom.